The summed E-state index contributed by atoms with van der Waals surface area (Å²) >= 11 is 0. The molecule has 0 fully saturated rings. The molecule has 3 heteroatoms. The molecule has 0 saturated carbocycles. The molecule has 0 aliphatic heterocycles. The SMILES string of the molecule is CC1(C)c2ccccc2-c2cc3c4c(n(-c5ccc(-c6ccccc6)cc5-c5cc(-c6ccccc6)nc(-c6ccccc6)n5)c3cc21)=CCCC=4. The summed E-state index contributed by atoms with van der Waals surface area (Å²) in [5.74, 6) is 0.713. The van der Waals surface area contributed by atoms with E-state index < -0.39 is 0 Å². The van der Waals surface area contributed by atoms with E-state index in [-0.39, 0.29) is 5.41 Å². The van der Waals surface area contributed by atoms with Crippen molar-refractivity contribution in [2.75, 3.05) is 0 Å². The Morgan fingerprint density at radius 3 is 1.92 bits per heavy atom. The highest BCUT2D eigenvalue weighted by Crippen LogP contribution is 2.49. The van der Waals surface area contributed by atoms with Crippen molar-refractivity contribution in [2.45, 2.75) is 32.1 Å². The summed E-state index contributed by atoms with van der Waals surface area (Å²) in [7, 11) is 0. The second kappa shape index (κ2) is 11.9. The fourth-order valence-corrected chi connectivity index (χ4v) is 8.45. The van der Waals surface area contributed by atoms with E-state index in [0.717, 1.165) is 52.2 Å². The number of benzene rings is 6. The third-order valence-electron chi connectivity index (χ3n) is 11.0. The molecule has 248 valence electrons. The molecule has 8 aromatic rings. The average Bonchev–Trinajstić information content (AvgIpc) is 3.65. The van der Waals surface area contributed by atoms with Crippen molar-refractivity contribution < 1.29 is 0 Å². The average molecular weight is 668 g/mol. The first-order valence-electron chi connectivity index (χ1n) is 18.2. The summed E-state index contributed by atoms with van der Waals surface area (Å²) in [4.78, 5) is 10.5. The zero-order chi connectivity index (χ0) is 34.8. The molecular formula is C49H37N3. The van der Waals surface area contributed by atoms with Gasteiger partial charge in [-0.3, -0.25) is 0 Å². The molecule has 6 aromatic carbocycles. The Morgan fingerprint density at radius 1 is 0.500 bits per heavy atom. The third-order valence-corrected chi connectivity index (χ3v) is 11.0. The molecule has 10 rings (SSSR count). The fraction of sp³-hybridized carbons (Fsp3) is 0.102. The predicted octanol–water partition coefficient (Wildman–Crippen LogP) is 10.7. The van der Waals surface area contributed by atoms with Crippen LogP contribution in [0.15, 0.2) is 152 Å². The van der Waals surface area contributed by atoms with Crippen molar-refractivity contribution in [3.8, 4) is 61.8 Å². The molecule has 52 heavy (non-hydrogen) atoms. The van der Waals surface area contributed by atoms with Crippen LogP contribution in [0.25, 0.3) is 84.9 Å². The van der Waals surface area contributed by atoms with Crippen LogP contribution >= 0.6 is 0 Å². The summed E-state index contributed by atoms with van der Waals surface area (Å²) in [6.07, 6.45) is 6.92. The molecular weight excluding hydrogens is 631 g/mol. The number of nitrogens with zero attached hydrogens (tertiary/aromatic N) is 3. The van der Waals surface area contributed by atoms with Gasteiger partial charge in [-0.25, -0.2) is 9.97 Å². The minimum absolute atomic E-state index is 0.106. The lowest BCUT2D eigenvalue weighted by molar-refractivity contribution is 0.661. The highest BCUT2D eigenvalue weighted by Gasteiger charge is 2.36. The lowest BCUT2D eigenvalue weighted by Gasteiger charge is -2.22. The quantitative estimate of drug-likeness (QED) is 0.183. The van der Waals surface area contributed by atoms with E-state index in [2.05, 4.69) is 176 Å². The van der Waals surface area contributed by atoms with Crippen LogP contribution < -0.4 is 10.6 Å². The Kier molecular flexibility index (Phi) is 6.97. The second-order valence-corrected chi connectivity index (χ2v) is 14.5. The number of rotatable bonds is 5. The molecule has 2 heterocycles. The number of hydrogen-bond donors (Lipinski definition) is 0. The second-order valence-electron chi connectivity index (χ2n) is 14.5. The van der Waals surface area contributed by atoms with Crippen molar-refractivity contribution in [1.82, 2.24) is 14.5 Å². The molecule has 0 N–H and O–H groups in total. The van der Waals surface area contributed by atoms with Crippen LogP contribution in [-0.2, 0) is 5.41 Å². The molecule has 0 amide bonds. The molecule has 0 spiro atoms. The van der Waals surface area contributed by atoms with Crippen molar-refractivity contribution in [2.24, 2.45) is 0 Å². The maximum Gasteiger partial charge on any atom is 0.160 e. The van der Waals surface area contributed by atoms with Crippen LogP contribution in [0.5, 0.6) is 0 Å². The molecule has 0 unspecified atom stereocenters. The van der Waals surface area contributed by atoms with Gasteiger partial charge >= 0.3 is 0 Å². The van der Waals surface area contributed by atoms with Crippen LogP contribution in [0.1, 0.15) is 37.8 Å². The van der Waals surface area contributed by atoms with Crippen LogP contribution in [-0.4, -0.2) is 14.5 Å². The molecule has 2 aliphatic rings. The largest absolute Gasteiger partial charge is 0.309 e. The lowest BCUT2D eigenvalue weighted by atomic mass is 9.82. The van der Waals surface area contributed by atoms with Crippen LogP contribution in [0, 0.1) is 0 Å². The van der Waals surface area contributed by atoms with Crippen molar-refractivity contribution in [3.63, 3.8) is 0 Å². The van der Waals surface area contributed by atoms with Gasteiger partial charge in [0.1, 0.15) is 0 Å². The number of aromatic nitrogens is 3. The van der Waals surface area contributed by atoms with Gasteiger partial charge in [-0.1, -0.05) is 147 Å². The molecule has 2 aliphatic carbocycles. The zero-order valence-electron chi connectivity index (χ0n) is 29.3. The maximum absolute atomic E-state index is 5.36. The molecule has 0 bridgehead atoms. The minimum atomic E-state index is -0.106. The van der Waals surface area contributed by atoms with Gasteiger partial charge in [-0.05, 0) is 76.6 Å². The standard InChI is InChI=1S/C49H37N3/c1-49(2)41-24-14-12-22-36(41)38-29-39-37-23-13-15-25-45(37)52(47(39)30-42(38)49)46-27-26-35(32-16-6-3-7-17-32)28-40(46)44-31-43(33-18-8-4-9-19-33)50-48(51-44)34-20-10-5-11-21-34/h3-12,14,16-31H,13,15H2,1-2H3. The fourth-order valence-electron chi connectivity index (χ4n) is 8.45. The van der Waals surface area contributed by atoms with E-state index in [1.165, 1.54) is 49.3 Å². The monoisotopic (exact) mass is 667 g/mol. The molecule has 0 radical (unpaired) electrons. The zero-order valence-corrected chi connectivity index (χ0v) is 29.3. The third kappa shape index (κ3) is 4.81. The Morgan fingerprint density at radius 2 is 1.15 bits per heavy atom. The van der Waals surface area contributed by atoms with Crippen LogP contribution in [0.4, 0.5) is 0 Å². The van der Waals surface area contributed by atoms with Gasteiger partial charge < -0.3 is 4.57 Å². The summed E-state index contributed by atoms with van der Waals surface area (Å²) in [5.41, 5.74) is 14.9. The van der Waals surface area contributed by atoms with Crippen molar-refractivity contribution in [3.05, 3.63) is 173 Å². The summed E-state index contributed by atoms with van der Waals surface area (Å²) in [5, 5.41) is 3.88. The van der Waals surface area contributed by atoms with Gasteiger partial charge in [0.05, 0.1) is 22.6 Å². The van der Waals surface area contributed by atoms with Gasteiger partial charge in [0, 0.05) is 38.1 Å². The predicted molar refractivity (Wildman–Crippen MR) is 216 cm³/mol. The maximum atomic E-state index is 5.36. The van der Waals surface area contributed by atoms with Gasteiger partial charge in [0.25, 0.3) is 0 Å². The van der Waals surface area contributed by atoms with E-state index >= 15 is 0 Å². The van der Waals surface area contributed by atoms with Crippen molar-refractivity contribution in [1.29, 1.82) is 0 Å². The first-order chi connectivity index (χ1) is 25.5. The molecule has 3 nitrogen and oxygen atoms in total. The Labute approximate surface area is 303 Å². The number of fused-ring (bicyclic) bond motifs is 6. The summed E-state index contributed by atoms with van der Waals surface area (Å²) in [6.45, 7) is 4.73. The lowest BCUT2D eigenvalue weighted by Crippen LogP contribution is -2.30. The smallest absolute Gasteiger partial charge is 0.160 e. The van der Waals surface area contributed by atoms with E-state index in [1.54, 1.807) is 0 Å². The topological polar surface area (TPSA) is 30.7 Å². The highest BCUT2D eigenvalue weighted by molar-refractivity contribution is 5.95. The first kappa shape index (κ1) is 30.5. The minimum Gasteiger partial charge on any atom is -0.309 e. The Hall–Kier alpha value is -6.32. The molecule has 2 aromatic heterocycles. The van der Waals surface area contributed by atoms with Crippen molar-refractivity contribution >= 4 is 23.1 Å². The Balaban J connectivity index is 1.29. The Bertz CT molecular complexity index is 2740. The molecule has 0 atom stereocenters. The number of hydrogen-bond acceptors (Lipinski definition) is 2. The van der Waals surface area contributed by atoms with E-state index in [9.17, 15) is 0 Å². The van der Waals surface area contributed by atoms with Crippen LogP contribution in [0.2, 0.25) is 0 Å². The summed E-state index contributed by atoms with van der Waals surface area (Å²) < 4.78 is 2.51. The van der Waals surface area contributed by atoms with Gasteiger partial charge in [-0.2, -0.15) is 0 Å². The highest BCUT2D eigenvalue weighted by atomic mass is 15.0. The van der Waals surface area contributed by atoms with E-state index in [1.807, 2.05) is 6.07 Å². The summed E-state index contributed by atoms with van der Waals surface area (Å²) in [6, 6.07) is 54.4. The van der Waals surface area contributed by atoms with E-state index in [4.69, 9.17) is 9.97 Å². The van der Waals surface area contributed by atoms with Crippen LogP contribution in [0.3, 0.4) is 0 Å². The van der Waals surface area contributed by atoms with E-state index in [0.29, 0.717) is 5.82 Å². The normalized spacial score (nSPS) is 13.9. The van der Waals surface area contributed by atoms with Gasteiger partial charge in [0.2, 0.25) is 0 Å². The first-order valence-corrected chi connectivity index (χ1v) is 18.2. The van der Waals surface area contributed by atoms with Gasteiger partial charge in [0.15, 0.2) is 5.82 Å². The molecule has 0 saturated heterocycles. The van der Waals surface area contributed by atoms with Gasteiger partial charge in [-0.15, -0.1) is 0 Å².